The van der Waals surface area contributed by atoms with Gasteiger partial charge in [0.25, 0.3) is 11.7 Å². The molecule has 3 aromatic rings. The lowest BCUT2D eigenvalue weighted by Crippen LogP contribution is -2.29. The molecule has 1 N–H and O–H groups in total. The van der Waals surface area contributed by atoms with Crippen molar-refractivity contribution >= 4 is 34.7 Å². The molecule has 0 aliphatic carbocycles. The van der Waals surface area contributed by atoms with Gasteiger partial charge in [0.15, 0.2) is 0 Å². The summed E-state index contributed by atoms with van der Waals surface area (Å²) in [5, 5.41) is 11.5. The summed E-state index contributed by atoms with van der Waals surface area (Å²) in [6.45, 7) is 1.90. The van der Waals surface area contributed by atoms with E-state index in [0.29, 0.717) is 22.7 Å². The fraction of sp³-hybridized carbons (Fsp3) is 0.154. The maximum atomic E-state index is 13.3. The Balaban J connectivity index is 2.02. The van der Waals surface area contributed by atoms with Crippen LogP contribution in [0.4, 0.5) is 5.69 Å². The number of hydrogen-bond donors (Lipinski definition) is 1. The molecule has 7 heteroatoms. The summed E-state index contributed by atoms with van der Waals surface area (Å²) in [6, 6.07) is 18.1. The van der Waals surface area contributed by atoms with Gasteiger partial charge in [0.2, 0.25) is 0 Å². The van der Waals surface area contributed by atoms with Crippen LogP contribution in [0.5, 0.6) is 11.5 Å². The predicted molar refractivity (Wildman–Crippen MR) is 127 cm³/mol. The highest BCUT2D eigenvalue weighted by Gasteiger charge is 2.48. The molecule has 1 atom stereocenters. The van der Waals surface area contributed by atoms with E-state index < -0.39 is 17.7 Å². The zero-order valence-corrected chi connectivity index (χ0v) is 19.1. The molecule has 0 bridgehead atoms. The van der Waals surface area contributed by atoms with E-state index in [9.17, 15) is 14.7 Å². The van der Waals surface area contributed by atoms with Crippen LogP contribution in [0.2, 0.25) is 5.02 Å². The molecule has 1 heterocycles. The Bertz CT molecular complexity index is 1280. The standard InChI is InChI=1S/C26H22ClNO5/c1-15-7-6-8-16(13-15)28-23(18-9-4-5-10-21(18)33-3)22(25(30)26(28)31)24(29)19-14-17(32-2)11-12-20(19)27/h4-14,23,29H,1-3H3/b24-22+. The van der Waals surface area contributed by atoms with E-state index in [4.69, 9.17) is 21.1 Å². The van der Waals surface area contributed by atoms with Gasteiger partial charge in [-0.05, 0) is 48.9 Å². The van der Waals surface area contributed by atoms with Gasteiger partial charge in [0.05, 0.1) is 30.9 Å². The van der Waals surface area contributed by atoms with E-state index in [1.54, 1.807) is 42.5 Å². The normalized spacial score (nSPS) is 17.3. The molecular formula is C26H22ClNO5. The molecule has 4 rings (SSSR count). The van der Waals surface area contributed by atoms with Crippen LogP contribution in [0.15, 0.2) is 72.3 Å². The van der Waals surface area contributed by atoms with Crippen molar-refractivity contribution in [2.45, 2.75) is 13.0 Å². The lowest BCUT2D eigenvalue weighted by Gasteiger charge is -2.27. The number of ether oxygens (including phenoxy) is 2. The number of aryl methyl sites for hydroxylation is 1. The zero-order valence-electron chi connectivity index (χ0n) is 18.3. The molecule has 3 aromatic carbocycles. The highest BCUT2D eigenvalue weighted by molar-refractivity contribution is 6.52. The smallest absolute Gasteiger partial charge is 0.300 e. The number of Topliss-reactive ketones (excluding diaryl/α,β-unsaturated/α-hetero) is 1. The van der Waals surface area contributed by atoms with E-state index in [2.05, 4.69) is 0 Å². The highest BCUT2D eigenvalue weighted by atomic mass is 35.5. The van der Waals surface area contributed by atoms with E-state index >= 15 is 0 Å². The topological polar surface area (TPSA) is 76.1 Å². The fourth-order valence-corrected chi connectivity index (χ4v) is 4.23. The van der Waals surface area contributed by atoms with Gasteiger partial charge in [-0.2, -0.15) is 0 Å². The first-order chi connectivity index (χ1) is 15.9. The Morgan fingerprint density at radius 3 is 2.42 bits per heavy atom. The van der Waals surface area contributed by atoms with Crippen molar-refractivity contribution in [3.63, 3.8) is 0 Å². The van der Waals surface area contributed by atoms with E-state index in [0.717, 1.165) is 5.56 Å². The number of aliphatic hydroxyl groups is 1. The second-order valence-corrected chi connectivity index (χ2v) is 8.00. The Hall–Kier alpha value is -3.77. The Kier molecular flexibility index (Phi) is 6.11. The maximum absolute atomic E-state index is 13.3. The third-order valence-electron chi connectivity index (χ3n) is 5.59. The van der Waals surface area contributed by atoms with Gasteiger partial charge in [-0.25, -0.2) is 0 Å². The van der Waals surface area contributed by atoms with Gasteiger partial charge in [-0.3, -0.25) is 14.5 Å². The fourth-order valence-electron chi connectivity index (χ4n) is 4.02. The molecule has 1 fully saturated rings. The number of carbonyl (C=O) groups excluding carboxylic acids is 2. The van der Waals surface area contributed by atoms with Crippen molar-refractivity contribution in [2.75, 3.05) is 19.1 Å². The third kappa shape index (κ3) is 3.94. The first-order valence-corrected chi connectivity index (χ1v) is 10.6. The second kappa shape index (κ2) is 9.00. The van der Waals surface area contributed by atoms with Crippen LogP contribution < -0.4 is 14.4 Å². The number of nitrogens with zero attached hydrogens (tertiary/aromatic N) is 1. The van der Waals surface area contributed by atoms with Crippen LogP contribution in [0.1, 0.15) is 22.7 Å². The number of rotatable bonds is 5. The van der Waals surface area contributed by atoms with Gasteiger partial charge in [-0.1, -0.05) is 41.9 Å². The van der Waals surface area contributed by atoms with Gasteiger partial charge >= 0.3 is 0 Å². The summed E-state index contributed by atoms with van der Waals surface area (Å²) >= 11 is 6.35. The lowest BCUT2D eigenvalue weighted by atomic mass is 9.94. The largest absolute Gasteiger partial charge is 0.507 e. The summed E-state index contributed by atoms with van der Waals surface area (Å²) in [4.78, 5) is 28.0. The van der Waals surface area contributed by atoms with Crippen LogP contribution in [-0.4, -0.2) is 31.0 Å². The zero-order chi connectivity index (χ0) is 23.7. The number of anilines is 1. The maximum Gasteiger partial charge on any atom is 0.300 e. The van der Waals surface area contributed by atoms with Crippen molar-refractivity contribution in [3.05, 3.63) is 94.0 Å². The Morgan fingerprint density at radius 1 is 0.970 bits per heavy atom. The number of ketones is 1. The van der Waals surface area contributed by atoms with Crippen LogP contribution in [0.3, 0.4) is 0 Å². The van der Waals surface area contributed by atoms with Crippen molar-refractivity contribution in [3.8, 4) is 11.5 Å². The molecule has 0 radical (unpaired) electrons. The van der Waals surface area contributed by atoms with Gasteiger partial charge in [0, 0.05) is 16.8 Å². The third-order valence-corrected chi connectivity index (χ3v) is 5.92. The highest BCUT2D eigenvalue weighted by Crippen LogP contribution is 2.45. The average Bonchev–Trinajstić information content (AvgIpc) is 3.09. The number of para-hydroxylation sites is 1. The number of carbonyl (C=O) groups is 2. The minimum absolute atomic E-state index is 0.0823. The minimum atomic E-state index is -0.926. The predicted octanol–water partition coefficient (Wildman–Crippen LogP) is 5.29. The van der Waals surface area contributed by atoms with Crippen molar-refractivity contribution in [1.82, 2.24) is 0 Å². The number of methoxy groups -OCH3 is 2. The number of amides is 1. The number of aliphatic hydroxyl groups excluding tert-OH is 1. The molecule has 168 valence electrons. The number of halogens is 1. The quantitative estimate of drug-likeness (QED) is 0.316. The van der Waals surface area contributed by atoms with Crippen molar-refractivity contribution < 1.29 is 24.2 Å². The summed E-state index contributed by atoms with van der Waals surface area (Å²) in [6.07, 6.45) is 0. The second-order valence-electron chi connectivity index (χ2n) is 7.60. The molecule has 1 amide bonds. The average molecular weight is 464 g/mol. The van der Waals surface area contributed by atoms with E-state index in [1.165, 1.54) is 25.2 Å². The SMILES string of the molecule is COc1ccc(Cl)c(/C(O)=C2\C(=O)C(=O)N(c3cccc(C)c3)C2c2ccccc2OC)c1. The van der Waals surface area contributed by atoms with Crippen LogP contribution >= 0.6 is 11.6 Å². The molecule has 6 nitrogen and oxygen atoms in total. The summed E-state index contributed by atoms with van der Waals surface area (Å²) in [5.41, 5.74) is 2.12. The van der Waals surface area contributed by atoms with Gasteiger partial charge in [0.1, 0.15) is 17.3 Å². The summed E-state index contributed by atoms with van der Waals surface area (Å²) in [5.74, 6) is -1.03. The van der Waals surface area contributed by atoms with Crippen LogP contribution in [0, 0.1) is 6.92 Å². The first-order valence-electron chi connectivity index (χ1n) is 10.2. The van der Waals surface area contributed by atoms with Crippen molar-refractivity contribution in [1.29, 1.82) is 0 Å². The molecule has 1 aliphatic rings. The Morgan fingerprint density at radius 2 is 1.73 bits per heavy atom. The molecule has 1 unspecified atom stereocenters. The van der Waals surface area contributed by atoms with Crippen LogP contribution in [-0.2, 0) is 9.59 Å². The molecule has 0 aromatic heterocycles. The lowest BCUT2D eigenvalue weighted by molar-refractivity contribution is -0.132. The van der Waals surface area contributed by atoms with E-state index in [-0.39, 0.29) is 21.9 Å². The molecule has 1 saturated heterocycles. The van der Waals surface area contributed by atoms with Gasteiger partial charge < -0.3 is 14.6 Å². The first kappa shape index (κ1) is 22.4. The molecule has 33 heavy (non-hydrogen) atoms. The summed E-state index contributed by atoms with van der Waals surface area (Å²) < 4.78 is 10.8. The Labute approximate surface area is 196 Å². The van der Waals surface area contributed by atoms with Crippen LogP contribution in [0.25, 0.3) is 5.76 Å². The monoisotopic (exact) mass is 463 g/mol. The molecular weight excluding hydrogens is 442 g/mol. The van der Waals surface area contributed by atoms with Crippen molar-refractivity contribution in [2.24, 2.45) is 0 Å². The molecule has 0 saturated carbocycles. The van der Waals surface area contributed by atoms with E-state index in [1.807, 2.05) is 25.1 Å². The summed E-state index contributed by atoms with van der Waals surface area (Å²) in [7, 11) is 3.00. The number of benzene rings is 3. The van der Waals surface area contributed by atoms with Gasteiger partial charge in [-0.15, -0.1) is 0 Å². The number of hydrogen-bond acceptors (Lipinski definition) is 5. The molecule has 0 spiro atoms. The molecule has 1 aliphatic heterocycles. The minimum Gasteiger partial charge on any atom is -0.507 e.